The lowest BCUT2D eigenvalue weighted by Crippen LogP contribution is -2.51. The lowest BCUT2D eigenvalue weighted by Gasteiger charge is -2.35. The molecule has 2 fully saturated rings. The zero-order valence-corrected chi connectivity index (χ0v) is 16.5. The SMILES string of the molecule is CC1(CCN=C(N)N2CCN(c3nccs3)CC2)OCCO1.I. The smallest absolute Gasteiger partial charge is 0.191 e. The van der Waals surface area contributed by atoms with Crippen molar-refractivity contribution in [2.45, 2.75) is 19.1 Å². The number of ether oxygens (including phenoxy) is 2. The van der Waals surface area contributed by atoms with Crippen LogP contribution in [0.4, 0.5) is 5.13 Å². The van der Waals surface area contributed by atoms with Crippen LogP contribution in [0.2, 0.25) is 0 Å². The number of anilines is 1. The molecular weight excluding hydrogens is 429 g/mol. The van der Waals surface area contributed by atoms with Crippen LogP contribution in [0.5, 0.6) is 0 Å². The number of piperazine rings is 1. The summed E-state index contributed by atoms with van der Waals surface area (Å²) in [5, 5.41) is 3.09. The molecule has 9 heteroatoms. The molecule has 3 rings (SSSR count). The van der Waals surface area contributed by atoms with Crippen molar-refractivity contribution in [2.75, 3.05) is 50.8 Å². The molecule has 2 aliphatic rings. The molecule has 23 heavy (non-hydrogen) atoms. The molecule has 2 aliphatic heterocycles. The first-order valence-corrected chi connectivity index (χ1v) is 8.51. The first kappa shape index (κ1) is 18.7. The second kappa shape index (κ2) is 8.45. The summed E-state index contributed by atoms with van der Waals surface area (Å²) < 4.78 is 11.1. The molecular formula is C14H24IN5O2S. The zero-order valence-electron chi connectivity index (χ0n) is 13.3. The van der Waals surface area contributed by atoms with Gasteiger partial charge in [-0.1, -0.05) is 0 Å². The molecule has 0 spiro atoms. The van der Waals surface area contributed by atoms with E-state index in [2.05, 4.69) is 19.8 Å². The summed E-state index contributed by atoms with van der Waals surface area (Å²) in [6, 6.07) is 0. The molecule has 0 aliphatic carbocycles. The van der Waals surface area contributed by atoms with E-state index in [0.29, 0.717) is 25.7 Å². The molecule has 0 unspecified atom stereocenters. The van der Waals surface area contributed by atoms with Gasteiger partial charge in [-0.05, 0) is 6.92 Å². The molecule has 0 saturated carbocycles. The number of nitrogens with two attached hydrogens (primary N) is 1. The minimum atomic E-state index is -0.493. The predicted molar refractivity (Wildman–Crippen MR) is 103 cm³/mol. The molecule has 0 bridgehead atoms. The fourth-order valence-corrected chi connectivity index (χ4v) is 3.37. The molecule has 2 saturated heterocycles. The number of halogens is 1. The van der Waals surface area contributed by atoms with E-state index in [-0.39, 0.29) is 24.0 Å². The summed E-state index contributed by atoms with van der Waals surface area (Å²) in [6.45, 7) is 7.50. The van der Waals surface area contributed by atoms with Crippen LogP contribution >= 0.6 is 35.3 Å². The van der Waals surface area contributed by atoms with Gasteiger partial charge in [0.05, 0.1) is 13.2 Å². The van der Waals surface area contributed by atoms with Crippen LogP contribution < -0.4 is 10.6 Å². The number of nitrogens with zero attached hydrogens (tertiary/aromatic N) is 4. The van der Waals surface area contributed by atoms with E-state index in [1.54, 1.807) is 11.3 Å². The van der Waals surface area contributed by atoms with E-state index >= 15 is 0 Å². The molecule has 2 N–H and O–H groups in total. The van der Waals surface area contributed by atoms with Crippen molar-refractivity contribution in [1.82, 2.24) is 9.88 Å². The van der Waals surface area contributed by atoms with E-state index in [4.69, 9.17) is 15.2 Å². The summed E-state index contributed by atoms with van der Waals surface area (Å²) in [5.41, 5.74) is 6.10. The summed E-state index contributed by atoms with van der Waals surface area (Å²) in [7, 11) is 0. The third-order valence-electron chi connectivity index (χ3n) is 4.03. The first-order valence-electron chi connectivity index (χ1n) is 7.63. The molecule has 0 amide bonds. The number of thiazole rings is 1. The number of guanidine groups is 1. The summed E-state index contributed by atoms with van der Waals surface area (Å²) in [6.07, 6.45) is 2.57. The van der Waals surface area contributed by atoms with Crippen molar-refractivity contribution in [3.05, 3.63) is 11.6 Å². The molecule has 1 aromatic rings. The highest BCUT2D eigenvalue weighted by Gasteiger charge is 2.30. The van der Waals surface area contributed by atoms with Gasteiger partial charge in [-0.25, -0.2) is 4.98 Å². The Kier molecular flexibility index (Phi) is 6.86. The van der Waals surface area contributed by atoms with E-state index in [0.717, 1.165) is 37.7 Å². The van der Waals surface area contributed by atoms with Crippen molar-refractivity contribution < 1.29 is 9.47 Å². The highest BCUT2D eigenvalue weighted by Crippen LogP contribution is 2.22. The maximum atomic E-state index is 6.10. The largest absolute Gasteiger partial charge is 0.370 e. The van der Waals surface area contributed by atoms with E-state index in [1.807, 2.05) is 18.5 Å². The van der Waals surface area contributed by atoms with Gasteiger partial charge in [0.2, 0.25) is 0 Å². The van der Waals surface area contributed by atoms with Crippen LogP contribution in [-0.2, 0) is 9.47 Å². The van der Waals surface area contributed by atoms with Gasteiger partial charge in [-0.2, -0.15) is 0 Å². The Morgan fingerprint density at radius 2 is 2.04 bits per heavy atom. The standard InChI is InChI=1S/C14H23N5O2S.HI/c1-14(20-9-10-21-14)2-3-16-12(15)18-5-7-19(8-6-18)13-17-4-11-22-13;/h4,11H,2-3,5-10H2,1H3,(H2,15,16);1H. The minimum absolute atomic E-state index is 0. The van der Waals surface area contributed by atoms with Gasteiger partial charge >= 0.3 is 0 Å². The average molecular weight is 453 g/mol. The van der Waals surface area contributed by atoms with Crippen LogP contribution in [0, 0.1) is 0 Å². The maximum Gasteiger partial charge on any atom is 0.191 e. The van der Waals surface area contributed by atoms with Gasteiger partial charge in [0.15, 0.2) is 16.9 Å². The van der Waals surface area contributed by atoms with Gasteiger partial charge < -0.3 is 25.0 Å². The molecule has 7 nitrogen and oxygen atoms in total. The van der Waals surface area contributed by atoms with Crippen LogP contribution in [0.15, 0.2) is 16.6 Å². The van der Waals surface area contributed by atoms with Crippen molar-refractivity contribution in [1.29, 1.82) is 0 Å². The zero-order chi connectivity index (χ0) is 15.4. The van der Waals surface area contributed by atoms with Gasteiger partial charge in [0.25, 0.3) is 0 Å². The van der Waals surface area contributed by atoms with E-state index in [9.17, 15) is 0 Å². The van der Waals surface area contributed by atoms with Crippen LogP contribution in [0.25, 0.3) is 0 Å². The Bertz CT molecular complexity index is 499. The number of aliphatic imine (C=N–C) groups is 1. The molecule has 0 aromatic carbocycles. The summed E-state index contributed by atoms with van der Waals surface area (Å²) in [4.78, 5) is 13.2. The van der Waals surface area contributed by atoms with Crippen LogP contribution in [-0.4, -0.2) is 67.6 Å². The second-order valence-corrected chi connectivity index (χ2v) is 6.48. The normalized spacial score (nSPS) is 21.3. The summed E-state index contributed by atoms with van der Waals surface area (Å²) in [5.74, 6) is 0.119. The number of hydrogen-bond donors (Lipinski definition) is 1. The predicted octanol–water partition coefficient (Wildman–Crippen LogP) is 1.35. The van der Waals surface area contributed by atoms with Gasteiger partial charge in [-0.15, -0.1) is 35.3 Å². The lowest BCUT2D eigenvalue weighted by atomic mass is 10.2. The second-order valence-electron chi connectivity index (χ2n) is 5.61. The van der Waals surface area contributed by atoms with Gasteiger partial charge in [-0.3, -0.25) is 4.99 Å². The third kappa shape index (κ3) is 4.91. The molecule has 1 aromatic heterocycles. The molecule has 130 valence electrons. The first-order chi connectivity index (χ1) is 10.7. The number of hydrogen-bond acceptors (Lipinski definition) is 6. The fraction of sp³-hybridized carbons (Fsp3) is 0.714. The minimum Gasteiger partial charge on any atom is -0.370 e. The highest BCUT2D eigenvalue weighted by molar-refractivity contribution is 14.0. The average Bonchev–Trinajstić information content (AvgIpc) is 3.19. The third-order valence-corrected chi connectivity index (χ3v) is 4.86. The van der Waals surface area contributed by atoms with Crippen LogP contribution in [0.1, 0.15) is 13.3 Å². The Hall–Kier alpha value is -0.650. The Morgan fingerprint density at radius 1 is 1.35 bits per heavy atom. The summed E-state index contributed by atoms with van der Waals surface area (Å²) >= 11 is 1.67. The Balaban J connectivity index is 0.00000192. The monoisotopic (exact) mass is 453 g/mol. The van der Waals surface area contributed by atoms with Crippen molar-refractivity contribution in [2.24, 2.45) is 10.7 Å². The van der Waals surface area contributed by atoms with Crippen molar-refractivity contribution in [3.63, 3.8) is 0 Å². The van der Waals surface area contributed by atoms with E-state index in [1.165, 1.54) is 0 Å². The number of aromatic nitrogens is 1. The van der Waals surface area contributed by atoms with Crippen molar-refractivity contribution >= 4 is 46.4 Å². The topological polar surface area (TPSA) is 76.2 Å². The Morgan fingerprint density at radius 3 is 2.65 bits per heavy atom. The fourth-order valence-electron chi connectivity index (χ4n) is 2.67. The quantitative estimate of drug-likeness (QED) is 0.422. The van der Waals surface area contributed by atoms with E-state index < -0.39 is 5.79 Å². The van der Waals surface area contributed by atoms with Gasteiger partial charge in [0.1, 0.15) is 0 Å². The highest BCUT2D eigenvalue weighted by atomic mass is 127. The molecule has 0 atom stereocenters. The number of rotatable bonds is 4. The lowest BCUT2D eigenvalue weighted by molar-refractivity contribution is -0.144. The Labute approximate surface area is 157 Å². The maximum absolute atomic E-state index is 6.10. The van der Waals surface area contributed by atoms with Crippen LogP contribution in [0.3, 0.4) is 0 Å². The van der Waals surface area contributed by atoms with Gasteiger partial charge in [0, 0.05) is 50.7 Å². The molecule has 3 heterocycles. The molecule has 0 radical (unpaired) electrons. The van der Waals surface area contributed by atoms with Crippen molar-refractivity contribution in [3.8, 4) is 0 Å².